The van der Waals surface area contributed by atoms with Crippen LogP contribution in [0.5, 0.6) is 0 Å². The van der Waals surface area contributed by atoms with Gasteiger partial charge in [-0.1, -0.05) is 11.6 Å². The summed E-state index contributed by atoms with van der Waals surface area (Å²) in [7, 11) is 0. The molecule has 0 aromatic carbocycles. The highest BCUT2D eigenvalue weighted by molar-refractivity contribution is 8.00. The van der Waals surface area contributed by atoms with Crippen LogP contribution in [0.2, 0.25) is 5.15 Å². The Hall–Kier alpha value is -0.680. The number of nitrogens with zero attached hydrogens (tertiary/aromatic N) is 3. The number of thioether (sulfide) groups is 1. The van der Waals surface area contributed by atoms with Gasteiger partial charge in [-0.15, -0.1) is 0 Å². The van der Waals surface area contributed by atoms with Crippen LogP contribution in [0.15, 0.2) is 6.33 Å². The fourth-order valence-electron chi connectivity index (χ4n) is 1.81. The van der Waals surface area contributed by atoms with Crippen LogP contribution >= 0.6 is 23.4 Å². The van der Waals surface area contributed by atoms with E-state index >= 15 is 0 Å². The Kier molecular flexibility index (Phi) is 3.17. The van der Waals surface area contributed by atoms with Crippen molar-refractivity contribution >= 4 is 34.9 Å². The molecule has 0 bridgehead atoms. The maximum Gasteiger partial charge on any atom is 0.157 e. The Balaban J connectivity index is 2.27. The van der Waals surface area contributed by atoms with Crippen LogP contribution in [-0.2, 0) is 0 Å². The molecule has 0 atom stereocenters. The van der Waals surface area contributed by atoms with Crippen LogP contribution in [0, 0.1) is 0 Å². The van der Waals surface area contributed by atoms with E-state index < -0.39 is 0 Å². The molecule has 1 aromatic rings. The van der Waals surface area contributed by atoms with Gasteiger partial charge in [0, 0.05) is 23.6 Å². The molecule has 0 unspecified atom stereocenters. The predicted molar refractivity (Wildman–Crippen MR) is 70.2 cm³/mol. The summed E-state index contributed by atoms with van der Waals surface area (Å²) < 4.78 is 0.224. The Bertz CT molecular complexity index is 396. The van der Waals surface area contributed by atoms with Crippen molar-refractivity contribution in [2.75, 3.05) is 29.5 Å². The van der Waals surface area contributed by atoms with Crippen molar-refractivity contribution in [1.29, 1.82) is 0 Å². The van der Waals surface area contributed by atoms with Crippen LogP contribution in [0.3, 0.4) is 0 Å². The average molecular weight is 259 g/mol. The van der Waals surface area contributed by atoms with Crippen LogP contribution in [0.25, 0.3) is 0 Å². The molecule has 1 aromatic heterocycles. The molecule has 1 fully saturated rings. The fourth-order valence-corrected chi connectivity index (χ4v) is 3.05. The zero-order chi connectivity index (χ0) is 11.8. The van der Waals surface area contributed by atoms with E-state index in [-0.39, 0.29) is 4.75 Å². The largest absolute Gasteiger partial charge is 0.393 e. The van der Waals surface area contributed by atoms with E-state index in [0.29, 0.717) is 10.8 Å². The molecule has 1 saturated heterocycles. The summed E-state index contributed by atoms with van der Waals surface area (Å²) >= 11 is 7.87. The number of hydrogen-bond acceptors (Lipinski definition) is 5. The van der Waals surface area contributed by atoms with E-state index in [9.17, 15) is 0 Å². The van der Waals surface area contributed by atoms with Gasteiger partial charge in [-0.25, -0.2) is 9.97 Å². The molecule has 6 heteroatoms. The van der Waals surface area contributed by atoms with Crippen molar-refractivity contribution in [1.82, 2.24) is 9.97 Å². The molecule has 0 saturated carbocycles. The molecule has 16 heavy (non-hydrogen) atoms. The second kappa shape index (κ2) is 4.30. The highest BCUT2D eigenvalue weighted by Gasteiger charge is 2.29. The monoisotopic (exact) mass is 258 g/mol. The third-order valence-electron chi connectivity index (χ3n) is 2.54. The number of nitrogens with two attached hydrogens (primary N) is 1. The molecule has 0 amide bonds. The number of nitrogen functional groups attached to an aromatic ring is 1. The number of aromatic nitrogens is 2. The fraction of sp³-hybridized carbons (Fsp3) is 0.600. The van der Waals surface area contributed by atoms with E-state index in [0.717, 1.165) is 24.7 Å². The Labute approximate surface area is 105 Å². The molecule has 2 N–H and O–H groups in total. The summed E-state index contributed by atoms with van der Waals surface area (Å²) in [5.41, 5.74) is 6.38. The minimum atomic E-state index is 0.224. The smallest absolute Gasteiger partial charge is 0.157 e. The molecule has 1 aliphatic rings. The van der Waals surface area contributed by atoms with Crippen molar-refractivity contribution in [2.24, 2.45) is 0 Å². The van der Waals surface area contributed by atoms with Gasteiger partial charge >= 0.3 is 0 Å². The lowest BCUT2D eigenvalue weighted by molar-refractivity contribution is 0.642. The molecule has 88 valence electrons. The van der Waals surface area contributed by atoms with Gasteiger partial charge in [0.15, 0.2) is 11.0 Å². The minimum Gasteiger partial charge on any atom is -0.393 e. The molecule has 0 aliphatic carbocycles. The highest BCUT2D eigenvalue weighted by atomic mass is 35.5. The first-order valence-corrected chi connectivity index (χ1v) is 6.51. The third kappa shape index (κ3) is 2.35. The normalized spacial score (nSPS) is 19.8. The average Bonchev–Trinajstić information content (AvgIpc) is 2.20. The molecular formula is C10H15ClN4S. The Morgan fingerprint density at radius 1 is 1.50 bits per heavy atom. The number of halogens is 1. The van der Waals surface area contributed by atoms with Crippen molar-refractivity contribution in [3.63, 3.8) is 0 Å². The quantitative estimate of drug-likeness (QED) is 0.782. The highest BCUT2D eigenvalue weighted by Crippen LogP contribution is 2.34. The van der Waals surface area contributed by atoms with Gasteiger partial charge in [0.1, 0.15) is 12.0 Å². The lowest BCUT2D eigenvalue weighted by atomic mass is 10.2. The zero-order valence-corrected chi connectivity index (χ0v) is 11.0. The third-order valence-corrected chi connectivity index (χ3v) is 4.14. The van der Waals surface area contributed by atoms with E-state index in [1.54, 1.807) is 0 Å². The molecule has 0 spiro atoms. The predicted octanol–water partition coefficient (Wildman–Crippen LogP) is 2.04. The van der Waals surface area contributed by atoms with Crippen LogP contribution in [0.1, 0.15) is 13.8 Å². The van der Waals surface area contributed by atoms with Crippen LogP contribution < -0.4 is 10.6 Å². The minimum absolute atomic E-state index is 0.224. The van der Waals surface area contributed by atoms with Crippen molar-refractivity contribution in [2.45, 2.75) is 18.6 Å². The SMILES string of the molecule is CC1(C)CN(c2ncnc(Cl)c2N)CCS1. The van der Waals surface area contributed by atoms with Gasteiger partial charge in [0.25, 0.3) is 0 Å². The summed E-state index contributed by atoms with van der Waals surface area (Å²) in [5.74, 6) is 1.84. The van der Waals surface area contributed by atoms with Gasteiger partial charge in [0.05, 0.1) is 0 Å². The van der Waals surface area contributed by atoms with E-state index in [2.05, 4.69) is 28.7 Å². The van der Waals surface area contributed by atoms with Crippen molar-refractivity contribution in [3.05, 3.63) is 11.5 Å². The van der Waals surface area contributed by atoms with Gasteiger partial charge < -0.3 is 10.6 Å². The van der Waals surface area contributed by atoms with Crippen molar-refractivity contribution < 1.29 is 0 Å². The van der Waals surface area contributed by atoms with Crippen LogP contribution in [0.4, 0.5) is 11.5 Å². The maximum absolute atomic E-state index is 5.90. The van der Waals surface area contributed by atoms with E-state index in [4.69, 9.17) is 17.3 Å². The Morgan fingerprint density at radius 3 is 2.94 bits per heavy atom. The summed E-state index contributed by atoms with van der Waals surface area (Å²) in [6.45, 7) is 6.33. The van der Waals surface area contributed by atoms with Gasteiger partial charge in [-0.2, -0.15) is 11.8 Å². The maximum atomic E-state index is 5.90. The molecule has 1 aliphatic heterocycles. The molecule has 4 nitrogen and oxygen atoms in total. The molecule has 0 radical (unpaired) electrons. The molecule has 2 rings (SSSR count). The molecule has 2 heterocycles. The number of rotatable bonds is 1. The van der Waals surface area contributed by atoms with E-state index in [1.165, 1.54) is 6.33 Å². The summed E-state index contributed by atoms with van der Waals surface area (Å²) in [4.78, 5) is 10.3. The summed E-state index contributed by atoms with van der Waals surface area (Å²) in [6, 6.07) is 0. The standard InChI is InChI=1S/C10H15ClN4S/c1-10(2)5-15(3-4-16-10)9-7(12)8(11)13-6-14-9/h6H,3-5,12H2,1-2H3. The first kappa shape index (κ1) is 11.8. The lowest BCUT2D eigenvalue weighted by Crippen LogP contribution is -2.43. The topological polar surface area (TPSA) is 55.0 Å². The first-order chi connectivity index (χ1) is 7.49. The van der Waals surface area contributed by atoms with Gasteiger partial charge in [-0.3, -0.25) is 0 Å². The van der Waals surface area contributed by atoms with Crippen molar-refractivity contribution in [3.8, 4) is 0 Å². The first-order valence-electron chi connectivity index (χ1n) is 5.14. The number of hydrogen-bond donors (Lipinski definition) is 1. The van der Waals surface area contributed by atoms with Crippen LogP contribution in [-0.4, -0.2) is 33.6 Å². The number of anilines is 2. The zero-order valence-electron chi connectivity index (χ0n) is 9.40. The van der Waals surface area contributed by atoms with E-state index in [1.807, 2.05) is 11.8 Å². The summed E-state index contributed by atoms with van der Waals surface area (Å²) in [6.07, 6.45) is 1.46. The Morgan fingerprint density at radius 2 is 2.25 bits per heavy atom. The second-order valence-corrected chi connectivity index (χ2v) is 6.59. The second-order valence-electron chi connectivity index (χ2n) is 4.43. The van der Waals surface area contributed by atoms with Gasteiger partial charge in [-0.05, 0) is 13.8 Å². The lowest BCUT2D eigenvalue weighted by Gasteiger charge is -2.38. The van der Waals surface area contributed by atoms with Gasteiger partial charge in [0.2, 0.25) is 0 Å². The molecular weight excluding hydrogens is 244 g/mol. The summed E-state index contributed by atoms with van der Waals surface area (Å²) in [5, 5.41) is 0.334.